The number of benzene rings is 3. The minimum absolute atomic E-state index is 0.130. The van der Waals surface area contributed by atoms with E-state index in [1.165, 1.54) is 5.56 Å². The van der Waals surface area contributed by atoms with Crippen molar-refractivity contribution in [3.8, 4) is 0 Å². The summed E-state index contributed by atoms with van der Waals surface area (Å²) in [5, 5.41) is 0.518. The lowest BCUT2D eigenvalue weighted by Crippen LogP contribution is -2.29. The third kappa shape index (κ3) is 3.32. The summed E-state index contributed by atoms with van der Waals surface area (Å²) in [5.41, 5.74) is 6.04. The molecule has 3 aromatic carbocycles. The normalized spacial score (nSPS) is 15.4. The van der Waals surface area contributed by atoms with Crippen LogP contribution in [0.1, 0.15) is 56.9 Å². The van der Waals surface area contributed by atoms with Crippen molar-refractivity contribution in [1.29, 1.82) is 0 Å². The van der Waals surface area contributed by atoms with E-state index >= 15 is 0 Å². The van der Waals surface area contributed by atoms with E-state index in [9.17, 15) is 9.59 Å². The molecule has 0 radical (unpaired) electrons. The highest BCUT2D eigenvalue weighted by molar-refractivity contribution is 5.99. The predicted octanol–water partition coefficient (Wildman–Crippen LogP) is 5.72. The van der Waals surface area contributed by atoms with Gasteiger partial charge in [0.25, 0.3) is 5.91 Å². The number of carbonyl (C=O) groups is 1. The number of carbonyl (C=O) groups excluding carboxylic acids is 1. The van der Waals surface area contributed by atoms with E-state index in [0.717, 1.165) is 28.7 Å². The van der Waals surface area contributed by atoms with Crippen LogP contribution in [0.25, 0.3) is 11.0 Å². The van der Waals surface area contributed by atoms with Gasteiger partial charge in [0.2, 0.25) is 5.76 Å². The Morgan fingerprint density at radius 1 is 0.844 bits per heavy atom. The molecule has 4 nitrogen and oxygen atoms in total. The molecule has 1 aliphatic heterocycles. The van der Waals surface area contributed by atoms with E-state index < -0.39 is 6.04 Å². The standard InChI is InChI=1S/C28H25NO3/c1-4-19-10-12-21(13-11-19)25-24-26(30)22-15-18(3)7-14-23(22)32-27(24)28(31)29(25)16-20-8-5-17(2)6-9-20/h5-15,25H,4,16H2,1-3H3. The van der Waals surface area contributed by atoms with Gasteiger partial charge in [0.1, 0.15) is 5.58 Å². The number of fused-ring (bicyclic) bond motifs is 2. The van der Waals surface area contributed by atoms with Gasteiger partial charge in [-0.1, -0.05) is 72.6 Å². The molecule has 4 heteroatoms. The number of nitrogens with zero attached hydrogens (tertiary/aromatic N) is 1. The summed E-state index contributed by atoms with van der Waals surface area (Å²) in [6.45, 7) is 6.49. The Kier molecular flexibility index (Phi) is 4.93. The highest BCUT2D eigenvalue weighted by Crippen LogP contribution is 2.39. The molecule has 1 atom stereocenters. The molecule has 0 saturated heterocycles. The molecular formula is C28H25NO3. The van der Waals surface area contributed by atoms with Crippen molar-refractivity contribution >= 4 is 16.9 Å². The van der Waals surface area contributed by atoms with Crippen LogP contribution in [0.3, 0.4) is 0 Å². The fraction of sp³-hybridized carbons (Fsp3) is 0.214. The van der Waals surface area contributed by atoms with Gasteiger partial charge in [-0.05, 0) is 49.1 Å². The first-order chi connectivity index (χ1) is 15.5. The summed E-state index contributed by atoms with van der Waals surface area (Å²) in [5.74, 6) is -0.0900. The van der Waals surface area contributed by atoms with Gasteiger partial charge in [0.05, 0.1) is 17.0 Å². The van der Waals surface area contributed by atoms with Crippen LogP contribution in [-0.2, 0) is 13.0 Å². The number of hydrogen-bond acceptors (Lipinski definition) is 3. The van der Waals surface area contributed by atoms with E-state index in [1.807, 2.05) is 62.4 Å². The smallest absolute Gasteiger partial charge is 0.291 e. The van der Waals surface area contributed by atoms with E-state index in [1.54, 1.807) is 11.0 Å². The minimum atomic E-state index is -0.481. The lowest BCUT2D eigenvalue weighted by Gasteiger charge is -2.25. The van der Waals surface area contributed by atoms with Gasteiger partial charge in [-0.15, -0.1) is 0 Å². The number of rotatable bonds is 4. The molecule has 4 aromatic rings. The van der Waals surface area contributed by atoms with Crippen LogP contribution >= 0.6 is 0 Å². The van der Waals surface area contributed by atoms with Crippen LogP contribution in [-0.4, -0.2) is 10.8 Å². The largest absolute Gasteiger partial charge is 0.450 e. The van der Waals surface area contributed by atoms with Crippen molar-refractivity contribution in [2.75, 3.05) is 0 Å². The quantitative estimate of drug-likeness (QED) is 0.422. The zero-order valence-electron chi connectivity index (χ0n) is 18.5. The summed E-state index contributed by atoms with van der Waals surface area (Å²) in [6, 6.07) is 21.3. The summed E-state index contributed by atoms with van der Waals surface area (Å²) < 4.78 is 6.04. The molecule has 1 unspecified atom stereocenters. The van der Waals surface area contributed by atoms with Crippen LogP contribution in [0.4, 0.5) is 0 Å². The summed E-state index contributed by atoms with van der Waals surface area (Å²) in [6.07, 6.45) is 0.930. The number of amides is 1. The van der Waals surface area contributed by atoms with Crippen molar-refractivity contribution in [3.63, 3.8) is 0 Å². The zero-order valence-corrected chi connectivity index (χ0v) is 18.5. The maximum atomic E-state index is 13.6. The van der Waals surface area contributed by atoms with Crippen LogP contribution < -0.4 is 5.43 Å². The first-order valence-corrected chi connectivity index (χ1v) is 11.0. The van der Waals surface area contributed by atoms with Gasteiger partial charge in [-0.25, -0.2) is 0 Å². The molecule has 160 valence electrons. The second-order valence-corrected chi connectivity index (χ2v) is 8.59. The fourth-order valence-corrected chi connectivity index (χ4v) is 4.47. The maximum Gasteiger partial charge on any atom is 0.291 e. The first kappa shape index (κ1) is 20.3. The molecule has 0 fully saturated rings. The molecule has 0 saturated carbocycles. The summed E-state index contributed by atoms with van der Waals surface area (Å²) in [4.78, 5) is 28.9. The van der Waals surface area contributed by atoms with Gasteiger partial charge in [-0.2, -0.15) is 0 Å². The monoisotopic (exact) mass is 423 g/mol. The Morgan fingerprint density at radius 2 is 1.50 bits per heavy atom. The Morgan fingerprint density at radius 3 is 2.19 bits per heavy atom. The van der Waals surface area contributed by atoms with E-state index in [-0.39, 0.29) is 17.1 Å². The van der Waals surface area contributed by atoms with Crippen LogP contribution in [0.5, 0.6) is 0 Å². The van der Waals surface area contributed by atoms with Crippen molar-refractivity contribution in [1.82, 2.24) is 4.90 Å². The molecule has 0 aliphatic carbocycles. The van der Waals surface area contributed by atoms with Gasteiger partial charge in [0.15, 0.2) is 5.43 Å². The average molecular weight is 424 g/mol. The van der Waals surface area contributed by atoms with Gasteiger partial charge < -0.3 is 9.32 Å². The van der Waals surface area contributed by atoms with Crippen molar-refractivity contribution in [2.45, 2.75) is 39.8 Å². The second-order valence-electron chi connectivity index (χ2n) is 8.59. The van der Waals surface area contributed by atoms with Gasteiger partial charge in [0, 0.05) is 6.54 Å². The lowest BCUT2D eigenvalue weighted by atomic mass is 9.96. The van der Waals surface area contributed by atoms with Gasteiger partial charge >= 0.3 is 0 Å². The van der Waals surface area contributed by atoms with Crippen LogP contribution in [0, 0.1) is 13.8 Å². The maximum absolute atomic E-state index is 13.6. The third-order valence-electron chi connectivity index (χ3n) is 6.30. The van der Waals surface area contributed by atoms with Crippen LogP contribution in [0.2, 0.25) is 0 Å². The van der Waals surface area contributed by atoms with Gasteiger partial charge in [-0.3, -0.25) is 9.59 Å². The molecular weight excluding hydrogens is 398 g/mol. The summed E-state index contributed by atoms with van der Waals surface area (Å²) >= 11 is 0. The second kappa shape index (κ2) is 7.79. The van der Waals surface area contributed by atoms with Crippen molar-refractivity contribution in [2.24, 2.45) is 0 Å². The molecule has 0 spiro atoms. The van der Waals surface area contributed by atoms with Crippen molar-refractivity contribution in [3.05, 3.63) is 116 Å². The topological polar surface area (TPSA) is 50.5 Å². The van der Waals surface area contributed by atoms with E-state index in [4.69, 9.17) is 4.42 Å². The Hall–Kier alpha value is -3.66. The lowest BCUT2D eigenvalue weighted by molar-refractivity contribution is 0.0714. The fourth-order valence-electron chi connectivity index (χ4n) is 4.47. The molecule has 1 aromatic heterocycles. The Labute approximate surface area is 187 Å². The highest BCUT2D eigenvalue weighted by atomic mass is 16.3. The van der Waals surface area contributed by atoms with Crippen LogP contribution in [0.15, 0.2) is 75.9 Å². The SMILES string of the molecule is CCc1ccc(C2c3c(oc4ccc(C)cc4c3=O)C(=O)N2Cc2ccc(C)cc2)cc1. The Balaban J connectivity index is 1.70. The molecule has 32 heavy (non-hydrogen) atoms. The minimum Gasteiger partial charge on any atom is -0.450 e. The number of hydrogen-bond donors (Lipinski definition) is 0. The molecule has 0 N–H and O–H groups in total. The molecule has 0 bridgehead atoms. The molecule has 2 heterocycles. The first-order valence-electron chi connectivity index (χ1n) is 11.0. The molecule has 1 aliphatic rings. The molecule has 1 amide bonds. The molecule has 5 rings (SSSR count). The summed E-state index contributed by atoms with van der Waals surface area (Å²) in [7, 11) is 0. The number of aryl methyl sites for hydroxylation is 3. The van der Waals surface area contributed by atoms with E-state index in [2.05, 4.69) is 19.1 Å². The highest BCUT2D eigenvalue weighted by Gasteiger charge is 2.42. The van der Waals surface area contributed by atoms with E-state index in [0.29, 0.717) is 23.1 Å². The zero-order chi connectivity index (χ0) is 22.4. The predicted molar refractivity (Wildman–Crippen MR) is 126 cm³/mol. The third-order valence-corrected chi connectivity index (χ3v) is 6.30. The Bertz CT molecular complexity index is 1380. The van der Waals surface area contributed by atoms with Crippen molar-refractivity contribution < 1.29 is 9.21 Å². The average Bonchev–Trinajstić information content (AvgIpc) is 3.08.